The first-order valence-electron chi connectivity index (χ1n) is 3.58. The van der Waals surface area contributed by atoms with E-state index in [0.717, 1.165) is 5.75 Å². The maximum Gasteiger partial charge on any atom is 0.313 e. The molecule has 12 heavy (non-hydrogen) atoms. The van der Waals surface area contributed by atoms with Crippen molar-refractivity contribution in [3.63, 3.8) is 0 Å². The van der Waals surface area contributed by atoms with Gasteiger partial charge in [0.2, 0.25) is 0 Å². The Balaban J connectivity index is 3.28. The van der Waals surface area contributed by atoms with E-state index < -0.39 is 11.0 Å². The fourth-order valence-corrected chi connectivity index (χ4v) is 1.47. The number of nitrogens with zero attached hydrogens (tertiary/aromatic N) is 1. The van der Waals surface area contributed by atoms with Gasteiger partial charge in [-0.1, -0.05) is 6.92 Å². The molecule has 0 amide bonds. The summed E-state index contributed by atoms with van der Waals surface area (Å²) in [7, 11) is 1.52. The molecule has 1 N–H and O–H groups in total. The van der Waals surface area contributed by atoms with Crippen LogP contribution in [0.5, 0.6) is 0 Å². The molecule has 0 bridgehead atoms. The third kappa shape index (κ3) is 1.61. The first-order chi connectivity index (χ1) is 5.66. The molecule has 5 heteroatoms. The Hall–Kier alpha value is -0.970. The van der Waals surface area contributed by atoms with Gasteiger partial charge in [0.05, 0.1) is 4.90 Å². The average molecular weight is 186 g/mol. The summed E-state index contributed by atoms with van der Waals surface area (Å²) in [6.45, 7) is 1.93. The second-order valence-electron chi connectivity index (χ2n) is 2.26. The molecule has 1 heterocycles. The molecule has 0 fully saturated rings. The van der Waals surface area contributed by atoms with Gasteiger partial charge in [0.25, 0.3) is 5.43 Å². The van der Waals surface area contributed by atoms with Crippen molar-refractivity contribution in [2.75, 3.05) is 5.75 Å². The SMILES string of the molecule is CCSc1c[nH]n(C)c(=O)c1=O. The molecule has 1 aromatic rings. The summed E-state index contributed by atoms with van der Waals surface area (Å²) in [5, 5.41) is 2.68. The monoisotopic (exact) mass is 186 g/mol. The standard InChI is InChI=1S/C7H10N2O2S/c1-3-12-5-4-8-9(2)7(11)6(5)10/h4,8H,3H2,1-2H3. The molecule has 0 atom stereocenters. The largest absolute Gasteiger partial charge is 0.313 e. The van der Waals surface area contributed by atoms with Crippen LogP contribution in [0.4, 0.5) is 0 Å². The summed E-state index contributed by atoms with van der Waals surface area (Å²) >= 11 is 1.37. The molecule has 0 aliphatic carbocycles. The van der Waals surface area contributed by atoms with Crippen molar-refractivity contribution in [2.24, 2.45) is 7.05 Å². The van der Waals surface area contributed by atoms with Crippen molar-refractivity contribution in [1.82, 2.24) is 9.78 Å². The first kappa shape index (κ1) is 9.12. The number of hydrogen-bond donors (Lipinski definition) is 1. The minimum absolute atomic E-state index is 0.428. The van der Waals surface area contributed by atoms with Gasteiger partial charge >= 0.3 is 5.56 Å². The maximum atomic E-state index is 11.2. The highest BCUT2D eigenvalue weighted by Gasteiger charge is 2.03. The van der Waals surface area contributed by atoms with Crippen LogP contribution in [-0.2, 0) is 7.05 Å². The van der Waals surface area contributed by atoms with Gasteiger partial charge in [0, 0.05) is 13.2 Å². The van der Waals surface area contributed by atoms with Crippen molar-refractivity contribution in [3.8, 4) is 0 Å². The van der Waals surface area contributed by atoms with Gasteiger partial charge in [-0.15, -0.1) is 11.8 Å². The van der Waals surface area contributed by atoms with Gasteiger partial charge in [0.1, 0.15) is 0 Å². The minimum Gasteiger partial charge on any atom is -0.302 e. The molecule has 0 aromatic carbocycles. The zero-order valence-corrected chi connectivity index (χ0v) is 7.77. The van der Waals surface area contributed by atoms with Gasteiger partial charge in [-0.2, -0.15) is 0 Å². The van der Waals surface area contributed by atoms with Crippen LogP contribution in [0, 0.1) is 0 Å². The molecule has 0 spiro atoms. The van der Waals surface area contributed by atoms with Crippen molar-refractivity contribution in [3.05, 3.63) is 26.8 Å². The lowest BCUT2D eigenvalue weighted by atomic mass is 10.5. The molecule has 0 unspecified atom stereocenters. The fourth-order valence-electron chi connectivity index (χ4n) is 0.800. The quantitative estimate of drug-likeness (QED) is 0.529. The zero-order chi connectivity index (χ0) is 9.14. The lowest BCUT2D eigenvalue weighted by molar-refractivity contribution is 0.686. The lowest BCUT2D eigenvalue weighted by Crippen LogP contribution is -2.34. The summed E-state index contributed by atoms with van der Waals surface area (Å²) in [6.07, 6.45) is 1.55. The molecule has 0 aliphatic heterocycles. The number of aryl methyl sites for hydroxylation is 1. The molecule has 1 aromatic heterocycles. The van der Waals surface area contributed by atoms with Crippen LogP contribution in [0.25, 0.3) is 0 Å². The maximum absolute atomic E-state index is 11.2. The summed E-state index contributed by atoms with van der Waals surface area (Å²) in [4.78, 5) is 22.8. The zero-order valence-electron chi connectivity index (χ0n) is 6.96. The summed E-state index contributed by atoms with van der Waals surface area (Å²) in [5.41, 5.74) is -0.934. The Bertz CT molecular complexity index is 380. The smallest absolute Gasteiger partial charge is 0.302 e. The third-order valence-corrected chi connectivity index (χ3v) is 2.31. The van der Waals surface area contributed by atoms with Crippen LogP contribution < -0.4 is 11.0 Å². The molecule has 1 rings (SSSR count). The molecule has 0 aliphatic rings. The van der Waals surface area contributed by atoms with E-state index in [-0.39, 0.29) is 0 Å². The number of thioether (sulfide) groups is 1. The molecule has 0 saturated heterocycles. The van der Waals surface area contributed by atoms with E-state index in [0.29, 0.717) is 4.90 Å². The van der Waals surface area contributed by atoms with Gasteiger partial charge in [0.15, 0.2) is 0 Å². The predicted octanol–water partition coefficient (Wildman–Crippen LogP) is 0.186. The topological polar surface area (TPSA) is 54.9 Å². The van der Waals surface area contributed by atoms with E-state index in [1.807, 2.05) is 6.92 Å². The Morgan fingerprint density at radius 3 is 2.83 bits per heavy atom. The third-order valence-electron chi connectivity index (χ3n) is 1.41. The molecular weight excluding hydrogens is 176 g/mol. The number of hydrogen-bond acceptors (Lipinski definition) is 3. The van der Waals surface area contributed by atoms with Gasteiger partial charge in [-0.05, 0) is 5.75 Å². The van der Waals surface area contributed by atoms with Crippen molar-refractivity contribution >= 4 is 11.8 Å². The average Bonchev–Trinajstić information content (AvgIpc) is 2.07. The highest BCUT2D eigenvalue weighted by Crippen LogP contribution is 2.08. The number of nitrogens with one attached hydrogen (secondary N) is 1. The lowest BCUT2D eigenvalue weighted by Gasteiger charge is -1.98. The number of rotatable bonds is 2. The Kier molecular flexibility index (Phi) is 2.75. The first-order valence-corrected chi connectivity index (χ1v) is 4.57. The van der Waals surface area contributed by atoms with Crippen LogP contribution in [0.1, 0.15) is 6.92 Å². The van der Waals surface area contributed by atoms with Crippen molar-refractivity contribution < 1.29 is 0 Å². The summed E-state index contributed by atoms with van der Waals surface area (Å²) in [5.74, 6) is 0.788. The highest BCUT2D eigenvalue weighted by molar-refractivity contribution is 7.99. The van der Waals surface area contributed by atoms with E-state index >= 15 is 0 Å². The predicted molar refractivity (Wildman–Crippen MR) is 48.7 cm³/mol. The van der Waals surface area contributed by atoms with Crippen LogP contribution in [0.3, 0.4) is 0 Å². The van der Waals surface area contributed by atoms with E-state index in [1.54, 1.807) is 6.20 Å². The van der Waals surface area contributed by atoms with E-state index in [4.69, 9.17) is 0 Å². The highest BCUT2D eigenvalue weighted by atomic mass is 32.2. The van der Waals surface area contributed by atoms with E-state index in [1.165, 1.54) is 23.5 Å². The van der Waals surface area contributed by atoms with Gasteiger partial charge in [-0.3, -0.25) is 14.3 Å². The molecular formula is C7H10N2O2S. The fraction of sp³-hybridized carbons (Fsp3) is 0.429. The Morgan fingerprint density at radius 2 is 2.25 bits per heavy atom. The Morgan fingerprint density at radius 1 is 1.58 bits per heavy atom. The number of aromatic nitrogens is 2. The number of aromatic amines is 1. The Labute approximate surface area is 73.6 Å². The van der Waals surface area contributed by atoms with E-state index in [2.05, 4.69) is 5.10 Å². The van der Waals surface area contributed by atoms with Crippen LogP contribution in [-0.4, -0.2) is 15.5 Å². The van der Waals surface area contributed by atoms with Crippen LogP contribution >= 0.6 is 11.8 Å². The van der Waals surface area contributed by atoms with Crippen LogP contribution in [0.2, 0.25) is 0 Å². The van der Waals surface area contributed by atoms with Crippen LogP contribution in [0.15, 0.2) is 20.7 Å². The van der Waals surface area contributed by atoms with Gasteiger partial charge in [-0.25, -0.2) is 0 Å². The second kappa shape index (κ2) is 3.62. The molecule has 4 nitrogen and oxygen atoms in total. The summed E-state index contributed by atoms with van der Waals surface area (Å²) in [6, 6.07) is 0. The number of H-pyrrole nitrogens is 1. The molecule has 0 saturated carbocycles. The van der Waals surface area contributed by atoms with Crippen molar-refractivity contribution in [1.29, 1.82) is 0 Å². The summed E-state index contributed by atoms with van der Waals surface area (Å²) < 4.78 is 1.17. The van der Waals surface area contributed by atoms with Gasteiger partial charge < -0.3 is 5.10 Å². The van der Waals surface area contributed by atoms with E-state index in [9.17, 15) is 9.59 Å². The second-order valence-corrected chi connectivity index (χ2v) is 3.57. The molecule has 66 valence electrons. The minimum atomic E-state index is -0.506. The normalized spacial score (nSPS) is 10.2. The van der Waals surface area contributed by atoms with Crippen molar-refractivity contribution in [2.45, 2.75) is 11.8 Å². The molecule has 0 radical (unpaired) electrons.